The van der Waals surface area contributed by atoms with E-state index in [0.717, 1.165) is 0 Å². The number of nitrogens with one attached hydrogen (secondary N) is 2. The van der Waals surface area contributed by atoms with Gasteiger partial charge >= 0.3 is 12.1 Å². The second kappa shape index (κ2) is 10.6. The van der Waals surface area contributed by atoms with Crippen molar-refractivity contribution >= 4 is 40.4 Å². The minimum atomic E-state index is -4.82. The van der Waals surface area contributed by atoms with E-state index in [1.54, 1.807) is 18.2 Å². The van der Waals surface area contributed by atoms with Gasteiger partial charge in [0.1, 0.15) is 11.9 Å². The first-order valence-electron chi connectivity index (χ1n) is 13.3. The van der Waals surface area contributed by atoms with Gasteiger partial charge < -0.3 is 30.8 Å². The summed E-state index contributed by atoms with van der Waals surface area (Å²) in [7, 11) is 0. The van der Waals surface area contributed by atoms with Crippen molar-refractivity contribution in [3.8, 4) is 17.0 Å². The third-order valence-electron chi connectivity index (χ3n) is 8.09. The number of nitrogens with zero attached hydrogens (tertiary/aromatic N) is 4. The Bertz CT molecular complexity index is 1640. The quantitative estimate of drug-likeness (QED) is 0.241. The molecule has 0 saturated carbocycles. The van der Waals surface area contributed by atoms with Crippen molar-refractivity contribution < 1.29 is 27.8 Å². The zero-order valence-corrected chi connectivity index (χ0v) is 22.9. The first-order valence-corrected chi connectivity index (χ1v) is 13.7. The second-order valence-corrected chi connectivity index (χ2v) is 11.2. The molecule has 1 spiro atoms. The van der Waals surface area contributed by atoms with Crippen molar-refractivity contribution in [2.24, 2.45) is 5.41 Å². The second-order valence-electron chi connectivity index (χ2n) is 10.8. The number of benzene rings is 2. The average molecular weight is 602 g/mol. The molecule has 10 nitrogen and oxygen atoms in total. The minimum Gasteiger partial charge on any atom is -0.480 e. The molecule has 220 valence electrons. The molecule has 4 heterocycles. The molecule has 2 aliphatic rings. The number of nitrogens with two attached hydrogens (primary N) is 1. The van der Waals surface area contributed by atoms with Crippen molar-refractivity contribution in [2.45, 2.75) is 37.6 Å². The summed E-state index contributed by atoms with van der Waals surface area (Å²) in [4.78, 5) is 28.8. The Morgan fingerprint density at radius 1 is 1.17 bits per heavy atom. The van der Waals surface area contributed by atoms with Crippen LogP contribution in [0.1, 0.15) is 30.9 Å². The van der Waals surface area contributed by atoms with Crippen LogP contribution in [0.25, 0.3) is 22.2 Å². The molecule has 2 aromatic heterocycles. The number of piperidine rings is 1. The number of rotatable bonds is 6. The fourth-order valence-electron chi connectivity index (χ4n) is 5.94. The topological polar surface area (TPSA) is 142 Å². The van der Waals surface area contributed by atoms with Crippen molar-refractivity contribution in [1.82, 2.24) is 25.3 Å². The molecule has 2 unspecified atom stereocenters. The Morgan fingerprint density at radius 2 is 1.95 bits per heavy atom. The largest absolute Gasteiger partial charge is 0.480 e. The number of aliphatic carboxylic acids is 1. The summed E-state index contributed by atoms with van der Waals surface area (Å²) in [5, 5.41) is 12.7. The van der Waals surface area contributed by atoms with E-state index in [4.69, 9.17) is 22.1 Å². The van der Waals surface area contributed by atoms with Crippen LogP contribution in [0.3, 0.4) is 0 Å². The number of nitrogen functional groups attached to an aromatic ring is 1. The standard InChI is InChI=1S/C28H27ClF3N7O3/c29-15-4-5-17(18(10-15)16-2-1-3-19-23(16)36-14-35-19)24(28(30,31)32)42-22-11-21(37-26(33)38-22)39-8-6-27(7-9-39)12-20(25(40)41)34-13-27/h1-5,10-11,14,20,24,34H,6-9,12-13H2,(H,35,36)(H,40,41)(H2,33,37,38). The molecule has 2 atom stereocenters. The number of para-hydroxylation sites is 1. The predicted octanol–water partition coefficient (Wildman–Crippen LogP) is 4.97. The summed E-state index contributed by atoms with van der Waals surface area (Å²) in [6, 6.07) is 10.1. The van der Waals surface area contributed by atoms with E-state index < -0.39 is 24.3 Å². The Balaban J connectivity index is 1.30. The molecule has 4 aromatic rings. The van der Waals surface area contributed by atoms with Gasteiger partial charge in [-0.3, -0.25) is 4.79 Å². The smallest absolute Gasteiger partial charge is 0.429 e. The molecule has 2 aliphatic heterocycles. The van der Waals surface area contributed by atoms with Gasteiger partial charge in [0.15, 0.2) is 0 Å². The maximum absolute atomic E-state index is 14.6. The maximum Gasteiger partial charge on any atom is 0.429 e. The lowest BCUT2D eigenvalue weighted by Gasteiger charge is -2.39. The highest BCUT2D eigenvalue weighted by Gasteiger charge is 2.46. The van der Waals surface area contributed by atoms with Crippen LogP contribution >= 0.6 is 11.6 Å². The van der Waals surface area contributed by atoms with Gasteiger partial charge in [-0.15, -0.1) is 0 Å². The third kappa shape index (κ3) is 5.41. The van der Waals surface area contributed by atoms with E-state index in [1.165, 1.54) is 30.6 Å². The zero-order valence-electron chi connectivity index (χ0n) is 22.2. The Morgan fingerprint density at radius 3 is 2.67 bits per heavy atom. The first kappa shape index (κ1) is 28.0. The first-order chi connectivity index (χ1) is 20.0. The molecule has 2 saturated heterocycles. The fraction of sp³-hybridized carbons (Fsp3) is 0.357. The lowest BCUT2D eigenvalue weighted by Crippen LogP contribution is -2.41. The summed E-state index contributed by atoms with van der Waals surface area (Å²) in [5.74, 6) is -1.09. The van der Waals surface area contributed by atoms with Crippen molar-refractivity contribution in [3.63, 3.8) is 0 Å². The van der Waals surface area contributed by atoms with Crippen LogP contribution in [0, 0.1) is 5.41 Å². The maximum atomic E-state index is 14.6. The van der Waals surface area contributed by atoms with Crippen LogP contribution in [0.4, 0.5) is 24.9 Å². The van der Waals surface area contributed by atoms with E-state index in [2.05, 4.69) is 25.3 Å². The molecule has 0 bridgehead atoms. The number of carboxylic acid groups (broad SMARTS) is 1. The fourth-order valence-corrected chi connectivity index (χ4v) is 6.11. The number of hydrogen-bond acceptors (Lipinski definition) is 8. The van der Waals surface area contributed by atoms with E-state index >= 15 is 0 Å². The number of alkyl halides is 3. The molecule has 5 N–H and O–H groups in total. The van der Waals surface area contributed by atoms with Gasteiger partial charge in [0.05, 0.1) is 17.4 Å². The van der Waals surface area contributed by atoms with E-state index in [-0.39, 0.29) is 33.4 Å². The van der Waals surface area contributed by atoms with Crippen LogP contribution in [0.5, 0.6) is 5.88 Å². The Kier molecular flexibility index (Phi) is 7.09. The zero-order chi connectivity index (χ0) is 29.6. The Hall–Kier alpha value is -4.10. The van der Waals surface area contributed by atoms with Gasteiger partial charge in [-0.25, -0.2) is 4.98 Å². The number of anilines is 2. The van der Waals surface area contributed by atoms with Crippen LogP contribution in [-0.4, -0.2) is 62.9 Å². The molecule has 14 heteroatoms. The molecule has 0 aliphatic carbocycles. The molecule has 0 amide bonds. The molecular weight excluding hydrogens is 575 g/mol. The van der Waals surface area contributed by atoms with E-state index in [9.17, 15) is 23.1 Å². The summed E-state index contributed by atoms with van der Waals surface area (Å²) >= 11 is 6.24. The van der Waals surface area contributed by atoms with Crippen molar-refractivity contribution in [1.29, 1.82) is 0 Å². The summed E-state index contributed by atoms with van der Waals surface area (Å²) in [6.45, 7) is 1.66. The van der Waals surface area contributed by atoms with Gasteiger partial charge in [-0.05, 0) is 48.4 Å². The predicted molar refractivity (Wildman–Crippen MR) is 150 cm³/mol. The summed E-state index contributed by atoms with van der Waals surface area (Å²) in [5.41, 5.74) is 7.44. The number of H-pyrrole nitrogens is 1. The number of halogens is 4. The van der Waals surface area contributed by atoms with Crippen LogP contribution in [0.2, 0.25) is 5.02 Å². The van der Waals surface area contributed by atoms with Crippen molar-refractivity contribution in [2.75, 3.05) is 30.3 Å². The number of ether oxygens (including phenoxy) is 1. The summed E-state index contributed by atoms with van der Waals surface area (Å²) in [6.07, 6.45) is -3.83. The monoisotopic (exact) mass is 601 g/mol. The molecule has 0 radical (unpaired) electrons. The van der Waals surface area contributed by atoms with Crippen LogP contribution < -0.4 is 20.7 Å². The van der Waals surface area contributed by atoms with Gasteiger partial charge in [0.25, 0.3) is 0 Å². The van der Waals surface area contributed by atoms with Gasteiger partial charge in [-0.2, -0.15) is 23.1 Å². The normalized spacial score (nSPS) is 19.3. The molecule has 2 fully saturated rings. The number of carbonyl (C=O) groups is 1. The van der Waals surface area contributed by atoms with Crippen LogP contribution in [-0.2, 0) is 4.79 Å². The molecular formula is C28H27ClF3N7O3. The van der Waals surface area contributed by atoms with Crippen molar-refractivity contribution in [3.05, 3.63) is 59.4 Å². The SMILES string of the molecule is Nc1nc(OC(c2ccc(Cl)cc2-c2cccc3[nH]cnc23)C(F)(F)F)cc(N2CCC3(CC2)CNC(C(=O)O)C3)n1. The highest BCUT2D eigenvalue weighted by Crippen LogP contribution is 2.44. The number of imidazole rings is 1. The lowest BCUT2D eigenvalue weighted by atomic mass is 9.76. The van der Waals surface area contributed by atoms with Gasteiger partial charge in [-0.1, -0.05) is 29.8 Å². The highest BCUT2D eigenvalue weighted by atomic mass is 35.5. The average Bonchev–Trinajstić information content (AvgIpc) is 3.59. The third-order valence-corrected chi connectivity index (χ3v) is 8.32. The van der Waals surface area contributed by atoms with Gasteiger partial charge in [0.2, 0.25) is 17.9 Å². The number of aromatic nitrogens is 4. The van der Waals surface area contributed by atoms with E-state index in [0.29, 0.717) is 61.3 Å². The molecule has 2 aromatic carbocycles. The number of carboxylic acids is 1. The molecule has 6 rings (SSSR count). The minimum absolute atomic E-state index is 0.152. The Labute approximate surface area is 243 Å². The number of aromatic amines is 1. The molecule has 42 heavy (non-hydrogen) atoms. The van der Waals surface area contributed by atoms with Gasteiger partial charge in [0, 0.05) is 41.9 Å². The number of fused-ring (bicyclic) bond motifs is 1. The number of hydrogen-bond donors (Lipinski definition) is 4. The highest BCUT2D eigenvalue weighted by molar-refractivity contribution is 6.31. The van der Waals surface area contributed by atoms with E-state index in [1.807, 2.05) is 4.90 Å². The lowest BCUT2D eigenvalue weighted by molar-refractivity contribution is -0.198. The summed E-state index contributed by atoms with van der Waals surface area (Å²) < 4.78 is 49.5. The van der Waals surface area contributed by atoms with Crippen LogP contribution in [0.15, 0.2) is 48.8 Å².